The number of rotatable bonds is 6. The number of fused-ring (bicyclic) bond motifs is 1. The largest absolute Gasteiger partial charge is 0.338 e. The highest BCUT2D eigenvalue weighted by Gasteiger charge is 2.05. The van der Waals surface area contributed by atoms with Gasteiger partial charge in [0, 0.05) is 28.3 Å². The van der Waals surface area contributed by atoms with Crippen LogP contribution in [0.25, 0.3) is 33.4 Å². The second kappa shape index (κ2) is 9.93. The third kappa shape index (κ3) is 4.87. The molecule has 0 aliphatic heterocycles. The van der Waals surface area contributed by atoms with Crippen molar-refractivity contribution in [1.82, 2.24) is 19.9 Å². The first-order chi connectivity index (χ1) is 16.7. The molecular weight excluding hydrogens is 462 g/mol. The Hall–Kier alpha value is -3.90. The Morgan fingerprint density at radius 3 is 2.00 bits per heavy atom. The summed E-state index contributed by atoms with van der Waals surface area (Å²) >= 11 is 0. The molecule has 5 aromatic rings. The van der Waals surface area contributed by atoms with Gasteiger partial charge in [-0.25, -0.2) is 9.97 Å². The molecule has 8 heteroatoms. The summed E-state index contributed by atoms with van der Waals surface area (Å²) < 4.78 is 0. The van der Waals surface area contributed by atoms with E-state index >= 15 is 0 Å². The summed E-state index contributed by atoms with van der Waals surface area (Å²) in [5, 5.41) is 0. The van der Waals surface area contributed by atoms with E-state index in [1.165, 1.54) is 0 Å². The summed E-state index contributed by atoms with van der Waals surface area (Å²) in [6, 6.07) is 23.8. The Morgan fingerprint density at radius 1 is 0.706 bits per heavy atom. The fourth-order valence-electron chi connectivity index (χ4n) is 3.53. The first-order valence-corrected chi connectivity index (χ1v) is 12.6. The number of aromatic amines is 2. The zero-order chi connectivity index (χ0) is 23.3. The molecule has 0 aliphatic carbocycles. The maximum Gasteiger partial charge on any atom is 0.146 e. The molecule has 2 unspecified atom stereocenters. The number of carbonyl (C=O) groups excluding carboxylic acids is 2. The lowest BCUT2D eigenvalue weighted by Gasteiger charge is -2.02. The maximum absolute atomic E-state index is 10.7. The lowest BCUT2D eigenvalue weighted by molar-refractivity contribution is 0.569. The van der Waals surface area contributed by atoms with Gasteiger partial charge in [0.2, 0.25) is 0 Å². The summed E-state index contributed by atoms with van der Waals surface area (Å²) in [5.74, 6) is 6.41. The van der Waals surface area contributed by atoms with Crippen molar-refractivity contribution in [2.75, 3.05) is 0 Å². The van der Waals surface area contributed by atoms with Gasteiger partial charge in [-0.15, -0.1) is 0 Å². The Balaban J connectivity index is 1.30. The minimum absolute atomic E-state index is 0.0340. The highest BCUT2D eigenvalue weighted by molar-refractivity contribution is 7.62. The van der Waals surface area contributed by atoms with E-state index < -0.39 is 0 Å². The monoisotopic (exact) mass is 480 g/mol. The summed E-state index contributed by atoms with van der Waals surface area (Å²) in [6.07, 6.45) is 1.74. The smallest absolute Gasteiger partial charge is 0.146 e. The lowest BCUT2D eigenvalue weighted by Crippen LogP contribution is -1.97. The average molecular weight is 480 g/mol. The third-order valence-corrected chi connectivity index (χ3v) is 6.49. The lowest BCUT2D eigenvalue weighted by atomic mass is 10.0. The predicted octanol–water partition coefficient (Wildman–Crippen LogP) is 4.01. The van der Waals surface area contributed by atoms with Crippen LogP contribution in [0.15, 0.2) is 72.9 Å². The van der Waals surface area contributed by atoms with Crippen LogP contribution in [0.3, 0.4) is 0 Å². The summed E-state index contributed by atoms with van der Waals surface area (Å²) in [5.41, 5.74) is 9.05. The van der Waals surface area contributed by atoms with Crippen molar-refractivity contribution < 1.29 is 9.59 Å². The Labute approximate surface area is 199 Å². The van der Waals surface area contributed by atoms with Crippen molar-refractivity contribution in [2.24, 2.45) is 0 Å². The van der Waals surface area contributed by atoms with E-state index in [1.54, 1.807) is 6.20 Å². The summed E-state index contributed by atoms with van der Waals surface area (Å²) in [6.45, 7) is 0. The third-order valence-electron chi connectivity index (χ3n) is 5.21. The van der Waals surface area contributed by atoms with Gasteiger partial charge < -0.3 is 9.97 Å². The molecule has 2 heterocycles. The second-order valence-electron chi connectivity index (χ2n) is 7.39. The van der Waals surface area contributed by atoms with Crippen molar-refractivity contribution in [3.63, 3.8) is 0 Å². The van der Waals surface area contributed by atoms with Crippen LogP contribution in [0, 0.1) is 11.8 Å². The normalized spacial score (nSPS) is 11.3. The number of hydrogen-bond donors (Lipinski definition) is 2. The molecule has 6 nitrogen and oxygen atoms in total. The Kier molecular flexibility index (Phi) is 6.40. The fourth-order valence-corrected chi connectivity index (χ4v) is 4.49. The Morgan fingerprint density at radius 2 is 1.32 bits per heavy atom. The SMILES string of the molecule is O=CPc1ncc(-c2ccc(C#Cc3ccc(-c4ccc5nc(PC=O)[nH]c5c4)cc3)cc2)[nH]1. The molecule has 0 saturated carbocycles. The van der Waals surface area contributed by atoms with Crippen molar-refractivity contribution in [2.45, 2.75) is 0 Å². The number of carbonyl (C=O) groups is 2. The number of nitrogens with one attached hydrogen (secondary N) is 2. The molecule has 0 amide bonds. The van der Waals surface area contributed by atoms with Crippen LogP contribution in [-0.4, -0.2) is 32.0 Å². The first-order valence-electron chi connectivity index (χ1n) is 10.4. The zero-order valence-corrected chi connectivity index (χ0v) is 19.8. The maximum atomic E-state index is 10.7. The predicted molar refractivity (Wildman–Crippen MR) is 141 cm³/mol. The van der Waals surface area contributed by atoms with Crippen LogP contribution in [0.2, 0.25) is 0 Å². The summed E-state index contributed by atoms with van der Waals surface area (Å²) in [7, 11) is 0.0690. The zero-order valence-electron chi connectivity index (χ0n) is 17.8. The van der Waals surface area contributed by atoms with Gasteiger partial charge in [-0.05, 0) is 53.1 Å². The highest BCUT2D eigenvalue weighted by Crippen LogP contribution is 2.24. The standard InChI is InChI=1S/C26H18N4O2P2/c31-15-33-25-27-14-24(30-25)20-9-5-18(6-10-20)2-1-17-3-7-19(8-4-17)21-11-12-22-23(13-21)29-26(28-22)34-16-32/h3-16,33-34H,(H,27,30)(H,28,29). The van der Waals surface area contributed by atoms with Crippen molar-refractivity contribution in [3.8, 4) is 34.2 Å². The van der Waals surface area contributed by atoms with E-state index in [2.05, 4.69) is 43.9 Å². The molecule has 5 rings (SSSR count). The molecule has 0 bridgehead atoms. The molecule has 2 atom stereocenters. The second-order valence-corrected chi connectivity index (χ2v) is 9.39. The molecule has 0 aliphatic rings. The first kappa shape index (κ1) is 21.9. The van der Waals surface area contributed by atoms with Crippen LogP contribution in [0.5, 0.6) is 0 Å². The molecule has 2 N–H and O–H groups in total. The van der Waals surface area contributed by atoms with Gasteiger partial charge in [-0.2, -0.15) is 0 Å². The van der Waals surface area contributed by atoms with E-state index in [0.717, 1.165) is 56.6 Å². The number of aromatic nitrogens is 4. The fraction of sp³-hybridized carbons (Fsp3) is 0. The van der Waals surface area contributed by atoms with Crippen molar-refractivity contribution in [1.29, 1.82) is 0 Å². The van der Waals surface area contributed by atoms with E-state index in [-0.39, 0.29) is 17.2 Å². The highest BCUT2D eigenvalue weighted by atomic mass is 31.1. The molecule has 34 heavy (non-hydrogen) atoms. The van der Waals surface area contributed by atoms with Crippen LogP contribution in [-0.2, 0) is 9.59 Å². The summed E-state index contributed by atoms with van der Waals surface area (Å²) in [4.78, 5) is 36.4. The molecule has 0 radical (unpaired) electrons. The Bertz CT molecular complexity index is 1540. The topological polar surface area (TPSA) is 91.5 Å². The van der Waals surface area contributed by atoms with Gasteiger partial charge in [-0.3, -0.25) is 9.59 Å². The van der Waals surface area contributed by atoms with Crippen LogP contribution in [0.1, 0.15) is 11.1 Å². The van der Waals surface area contributed by atoms with Gasteiger partial charge in [-0.1, -0.05) is 42.2 Å². The van der Waals surface area contributed by atoms with Crippen LogP contribution in [0.4, 0.5) is 0 Å². The molecule has 3 aromatic carbocycles. The number of benzene rings is 3. The van der Waals surface area contributed by atoms with E-state index in [4.69, 9.17) is 0 Å². The van der Waals surface area contributed by atoms with Crippen LogP contribution < -0.4 is 11.1 Å². The molecule has 164 valence electrons. The molecule has 0 saturated heterocycles. The molecular formula is C26H18N4O2P2. The number of H-pyrrole nitrogens is 2. The number of nitrogens with zero attached hydrogens (tertiary/aromatic N) is 2. The minimum Gasteiger partial charge on any atom is -0.338 e. The van der Waals surface area contributed by atoms with Crippen molar-refractivity contribution in [3.05, 3.63) is 84.1 Å². The molecule has 0 spiro atoms. The van der Waals surface area contributed by atoms with Gasteiger partial charge in [0.05, 0.1) is 22.9 Å². The van der Waals surface area contributed by atoms with E-state index in [1.807, 2.05) is 54.6 Å². The average Bonchev–Trinajstić information content (AvgIpc) is 3.50. The van der Waals surface area contributed by atoms with Gasteiger partial charge in [0.15, 0.2) is 0 Å². The quantitative estimate of drug-likeness (QED) is 0.218. The van der Waals surface area contributed by atoms with Crippen LogP contribution >= 0.6 is 17.2 Å². The number of imidazole rings is 2. The van der Waals surface area contributed by atoms with E-state index in [0.29, 0.717) is 11.1 Å². The minimum atomic E-state index is 0.0340. The van der Waals surface area contributed by atoms with E-state index in [9.17, 15) is 9.59 Å². The van der Waals surface area contributed by atoms with Gasteiger partial charge >= 0.3 is 0 Å². The number of hydrogen-bond acceptors (Lipinski definition) is 4. The van der Waals surface area contributed by atoms with Gasteiger partial charge in [0.25, 0.3) is 0 Å². The van der Waals surface area contributed by atoms with Gasteiger partial charge in [0.1, 0.15) is 23.2 Å². The molecule has 2 aromatic heterocycles. The van der Waals surface area contributed by atoms with Crippen molar-refractivity contribution >= 4 is 51.4 Å². The molecule has 0 fully saturated rings.